The number of rotatable bonds is 5. The normalized spacial score (nSPS) is 15.5. The Morgan fingerprint density at radius 1 is 1.00 bits per heavy atom. The van der Waals surface area contributed by atoms with Crippen LogP contribution in [0.2, 0.25) is 0 Å². The van der Waals surface area contributed by atoms with Crippen LogP contribution in [0.5, 0.6) is 0 Å². The Morgan fingerprint density at radius 3 is 2.11 bits per heavy atom. The smallest absolute Gasteiger partial charge is 0.238 e. The van der Waals surface area contributed by atoms with Gasteiger partial charge in [0.15, 0.2) is 0 Å². The van der Waals surface area contributed by atoms with Crippen molar-refractivity contribution in [1.29, 1.82) is 0 Å². The van der Waals surface area contributed by atoms with Crippen LogP contribution in [-0.4, -0.2) is 51.9 Å². The summed E-state index contributed by atoms with van der Waals surface area (Å²) in [6.07, 6.45) is 0. The summed E-state index contributed by atoms with van der Waals surface area (Å²) < 4.78 is 22.7. The lowest BCUT2D eigenvalue weighted by atomic mass is 10.1. The van der Waals surface area contributed by atoms with Crippen molar-refractivity contribution in [3.8, 4) is 0 Å². The highest BCUT2D eigenvalue weighted by Crippen LogP contribution is 2.19. The highest BCUT2D eigenvalue weighted by atomic mass is 32.2. The van der Waals surface area contributed by atoms with Crippen molar-refractivity contribution in [3.05, 3.63) is 53.6 Å². The zero-order chi connectivity index (χ0) is 20.3. The Balaban J connectivity index is 1.51. The molecular weight excluding hydrogens is 376 g/mol. The molecule has 1 amide bonds. The van der Waals surface area contributed by atoms with Gasteiger partial charge in [-0.3, -0.25) is 9.69 Å². The first-order chi connectivity index (χ1) is 13.2. The van der Waals surface area contributed by atoms with Gasteiger partial charge in [0.1, 0.15) is 0 Å². The van der Waals surface area contributed by atoms with Crippen LogP contribution in [-0.2, 0) is 14.8 Å². The number of benzene rings is 2. The summed E-state index contributed by atoms with van der Waals surface area (Å²) in [5, 5.41) is 8.11. The second kappa shape index (κ2) is 8.30. The van der Waals surface area contributed by atoms with Gasteiger partial charge < -0.3 is 10.2 Å². The molecule has 0 aliphatic carbocycles. The number of carbonyl (C=O) groups is 1. The number of sulfonamides is 1. The van der Waals surface area contributed by atoms with Crippen molar-refractivity contribution in [1.82, 2.24) is 4.90 Å². The first kappa shape index (κ1) is 20.3. The highest BCUT2D eigenvalue weighted by molar-refractivity contribution is 7.89. The van der Waals surface area contributed by atoms with Gasteiger partial charge in [0.05, 0.1) is 11.4 Å². The van der Waals surface area contributed by atoms with E-state index >= 15 is 0 Å². The molecule has 0 atom stereocenters. The van der Waals surface area contributed by atoms with Gasteiger partial charge >= 0.3 is 0 Å². The minimum Gasteiger partial charge on any atom is -0.369 e. The van der Waals surface area contributed by atoms with E-state index in [0.717, 1.165) is 48.7 Å². The van der Waals surface area contributed by atoms with Crippen LogP contribution in [0.4, 0.5) is 11.4 Å². The van der Waals surface area contributed by atoms with E-state index < -0.39 is 10.0 Å². The summed E-state index contributed by atoms with van der Waals surface area (Å²) in [4.78, 5) is 16.8. The number of carbonyl (C=O) groups excluding carboxylic acids is 1. The van der Waals surface area contributed by atoms with E-state index in [1.807, 2.05) is 26.0 Å². The SMILES string of the molecule is Cc1cc(C)cc(NC(=O)CN2CCN(c3ccc(S(N)(=O)=O)cc3)CC2)c1. The van der Waals surface area contributed by atoms with Crippen molar-refractivity contribution < 1.29 is 13.2 Å². The first-order valence-electron chi connectivity index (χ1n) is 9.19. The van der Waals surface area contributed by atoms with Crippen LogP contribution in [0.15, 0.2) is 47.4 Å². The minimum atomic E-state index is -3.68. The summed E-state index contributed by atoms with van der Waals surface area (Å²) in [7, 11) is -3.68. The maximum atomic E-state index is 12.4. The van der Waals surface area contributed by atoms with Crippen LogP contribution in [0.3, 0.4) is 0 Å². The Labute approximate surface area is 166 Å². The molecular formula is C20H26N4O3S. The van der Waals surface area contributed by atoms with Crippen molar-refractivity contribution in [3.63, 3.8) is 0 Å². The van der Waals surface area contributed by atoms with Gasteiger partial charge in [-0.25, -0.2) is 13.6 Å². The molecule has 28 heavy (non-hydrogen) atoms. The third-order valence-electron chi connectivity index (χ3n) is 4.78. The second-order valence-corrected chi connectivity index (χ2v) is 8.79. The molecule has 7 nitrogen and oxygen atoms in total. The van der Waals surface area contributed by atoms with E-state index in [1.165, 1.54) is 12.1 Å². The van der Waals surface area contributed by atoms with Crippen molar-refractivity contribution in [2.24, 2.45) is 5.14 Å². The van der Waals surface area contributed by atoms with E-state index in [9.17, 15) is 13.2 Å². The van der Waals surface area contributed by atoms with E-state index in [0.29, 0.717) is 6.54 Å². The monoisotopic (exact) mass is 402 g/mol. The molecule has 0 radical (unpaired) electrons. The van der Waals surface area contributed by atoms with E-state index in [2.05, 4.69) is 21.2 Å². The summed E-state index contributed by atoms with van der Waals surface area (Å²) in [5.74, 6) is -0.0176. The molecule has 1 aliphatic heterocycles. The standard InChI is InChI=1S/C20H26N4O3S/c1-15-11-16(2)13-17(12-15)22-20(25)14-23-7-9-24(10-8-23)18-3-5-19(6-4-18)28(21,26)27/h3-6,11-13H,7-10,14H2,1-2H3,(H,22,25)(H2,21,26,27). The summed E-state index contributed by atoms with van der Waals surface area (Å²) in [6.45, 7) is 7.44. The fraction of sp³-hybridized carbons (Fsp3) is 0.350. The van der Waals surface area contributed by atoms with Gasteiger partial charge in [-0.1, -0.05) is 6.07 Å². The number of piperazine rings is 1. The third-order valence-corrected chi connectivity index (χ3v) is 5.70. The molecule has 3 rings (SSSR count). The molecule has 1 aliphatic rings. The van der Waals surface area contributed by atoms with Gasteiger partial charge in [-0.2, -0.15) is 0 Å². The number of hydrogen-bond donors (Lipinski definition) is 2. The van der Waals surface area contributed by atoms with E-state index in [1.54, 1.807) is 12.1 Å². The molecule has 0 unspecified atom stereocenters. The van der Waals surface area contributed by atoms with Gasteiger partial charge in [0.25, 0.3) is 0 Å². The largest absolute Gasteiger partial charge is 0.369 e. The van der Waals surface area contributed by atoms with E-state index in [-0.39, 0.29) is 10.8 Å². The number of nitrogens with one attached hydrogen (secondary N) is 1. The summed E-state index contributed by atoms with van der Waals surface area (Å²) in [5.41, 5.74) is 4.03. The maximum Gasteiger partial charge on any atom is 0.238 e. The van der Waals surface area contributed by atoms with Crippen molar-refractivity contribution in [2.75, 3.05) is 42.9 Å². The van der Waals surface area contributed by atoms with Crippen LogP contribution in [0.1, 0.15) is 11.1 Å². The molecule has 0 bridgehead atoms. The molecule has 1 saturated heterocycles. The number of anilines is 2. The minimum absolute atomic E-state index is 0.0176. The molecule has 2 aromatic rings. The predicted molar refractivity (Wildman–Crippen MR) is 111 cm³/mol. The lowest BCUT2D eigenvalue weighted by Crippen LogP contribution is -2.48. The molecule has 1 heterocycles. The zero-order valence-corrected chi connectivity index (χ0v) is 17.0. The fourth-order valence-corrected chi connectivity index (χ4v) is 3.98. The van der Waals surface area contributed by atoms with Gasteiger partial charge in [-0.05, 0) is 61.4 Å². The van der Waals surface area contributed by atoms with Crippen LogP contribution in [0.25, 0.3) is 0 Å². The number of nitrogens with two attached hydrogens (primary N) is 1. The molecule has 2 aromatic carbocycles. The lowest BCUT2D eigenvalue weighted by Gasteiger charge is -2.35. The van der Waals surface area contributed by atoms with Crippen LogP contribution in [0, 0.1) is 13.8 Å². The fourth-order valence-electron chi connectivity index (χ4n) is 3.46. The van der Waals surface area contributed by atoms with Crippen molar-refractivity contribution >= 4 is 27.3 Å². The summed E-state index contributed by atoms with van der Waals surface area (Å²) in [6, 6.07) is 12.6. The first-order valence-corrected chi connectivity index (χ1v) is 10.7. The Morgan fingerprint density at radius 2 is 1.57 bits per heavy atom. The Kier molecular flexibility index (Phi) is 6.02. The molecule has 0 spiro atoms. The quantitative estimate of drug-likeness (QED) is 0.794. The lowest BCUT2D eigenvalue weighted by molar-refractivity contribution is -0.117. The molecule has 1 fully saturated rings. The van der Waals surface area contributed by atoms with Crippen LogP contribution >= 0.6 is 0 Å². The molecule has 150 valence electrons. The average Bonchev–Trinajstić information content (AvgIpc) is 2.61. The molecule has 0 saturated carbocycles. The third kappa shape index (κ3) is 5.31. The van der Waals surface area contributed by atoms with Crippen LogP contribution < -0.4 is 15.4 Å². The van der Waals surface area contributed by atoms with Gasteiger partial charge in [0.2, 0.25) is 15.9 Å². The number of amides is 1. The number of hydrogen-bond acceptors (Lipinski definition) is 5. The zero-order valence-electron chi connectivity index (χ0n) is 16.2. The highest BCUT2D eigenvalue weighted by Gasteiger charge is 2.20. The Hall–Kier alpha value is -2.42. The molecule has 8 heteroatoms. The van der Waals surface area contributed by atoms with Gasteiger partial charge in [-0.15, -0.1) is 0 Å². The predicted octanol–water partition coefficient (Wildman–Crippen LogP) is 1.71. The topological polar surface area (TPSA) is 95.7 Å². The molecule has 0 aromatic heterocycles. The number of aryl methyl sites for hydroxylation is 2. The van der Waals surface area contributed by atoms with Crippen molar-refractivity contribution in [2.45, 2.75) is 18.7 Å². The average molecular weight is 403 g/mol. The van der Waals surface area contributed by atoms with Gasteiger partial charge in [0, 0.05) is 37.6 Å². The molecule has 3 N–H and O–H groups in total. The summed E-state index contributed by atoms with van der Waals surface area (Å²) >= 11 is 0. The second-order valence-electron chi connectivity index (χ2n) is 7.23. The van der Waals surface area contributed by atoms with E-state index in [4.69, 9.17) is 5.14 Å². The Bertz CT molecular complexity index is 930. The number of nitrogens with zero attached hydrogens (tertiary/aromatic N) is 2. The maximum absolute atomic E-state index is 12.4. The number of primary sulfonamides is 1.